The van der Waals surface area contributed by atoms with Crippen LogP contribution in [0, 0.1) is 0 Å². The Labute approximate surface area is 217 Å². The summed E-state index contributed by atoms with van der Waals surface area (Å²) in [6, 6.07) is 13.2. The lowest BCUT2D eigenvalue weighted by atomic mass is 9.89. The van der Waals surface area contributed by atoms with E-state index in [4.69, 9.17) is 9.47 Å². The van der Waals surface area contributed by atoms with Crippen LogP contribution in [0.3, 0.4) is 0 Å². The van der Waals surface area contributed by atoms with Crippen molar-refractivity contribution in [1.29, 1.82) is 0 Å². The van der Waals surface area contributed by atoms with Crippen LogP contribution in [0.5, 0.6) is 5.75 Å². The van der Waals surface area contributed by atoms with E-state index >= 15 is 0 Å². The van der Waals surface area contributed by atoms with E-state index in [0.717, 1.165) is 53.2 Å². The summed E-state index contributed by atoms with van der Waals surface area (Å²) in [6.45, 7) is 8.56. The van der Waals surface area contributed by atoms with Gasteiger partial charge in [-0.05, 0) is 67.8 Å². The van der Waals surface area contributed by atoms with E-state index in [1.807, 2.05) is 6.92 Å². The van der Waals surface area contributed by atoms with Gasteiger partial charge in [0.25, 0.3) is 0 Å². The highest BCUT2D eigenvalue weighted by molar-refractivity contribution is 9.10. The number of esters is 1. The van der Waals surface area contributed by atoms with Gasteiger partial charge in [0.1, 0.15) is 18.4 Å². The first-order valence-corrected chi connectivity index (χ1v) is 13.6. The number of hydrogen-bond acceptors (Lipinski definition) is 6. The SMILES string of the molecule is CCOC(=O)C1c2c(cc(Br)c3c2CN(C)CO3)N(Cc2ccccc2)C1CN1CCCCC1C. The van der Waals surface area contributed by atoms with Gasteiger partial charge in [-0.15, -0.1) is 0 Å². The molecule has 6 nitrogen and oxygen atoms in total. The lowest BCUT2D eigenvalue weighted by Gasteiger charge is -2.39. The van der Waals surface area contributed by atoms with Gasteiger partial charge in [-0.2, -0.15) is 0 Å². The third-order valence-electron chi connectivity index (χ3n) is 7.72. The third kappa shape index (κ3) is 4.83. The van der Waals surface area contributed by atoms with Crippen molar-refractivity contribution in [3.05, 3.63) is 57.6 Å². The number of carbonyl (C=O) groups excluding carboxylic acids is 1. The number of rotatable bonds is 6. The van der Waals surface area contributed by atoms with Crippen molar-refractivity contribution in [2.24, 2.45) is 0 Å². The Balaban J connectivity index is 1.63. The van der Waals surface area contributed by atoms with Gasteiger partial charge < -0.3 is 14.4 Å². The lowest BCUT2D eigenvalue weighted by molar-refractivity contribution is -0.145. The van der Waals surface area contributed by atoms with Crippen LogP contribution in [0.4, 0.5) is 5.69 Å². The van der Waals surface area contributed by atoms with Crippen molar-refractivity contribution in [1.82, 2.24) is 9.80 Å². The van der Waals surface area contributed by atoms with Crippen molar-refractivity contribution < 1.29 is 14.3 Å². The van der Waals surface area contributed by atoms with Gasteiger partial charge in [0.05, 0.1) is 17.1 Å². The maximum Gasteiger partial charge on any atom is 0.315 e. The summed E-state index contributed by atoms with van der Waals surface area (Å²) in [4.78, 5) is 20.8. The molecule has 1 fully saturated rings. The molecular weight excluding hydrogens is 506 g/mol. The molecule has 0 amide bonds. The zero-order valence-electron chi connectivity index (χ0n) is 21.0. The Morgan fingerprint density at radius 1 is 1.23 bits per heavy atom. The fraction of sp³-hybridized carbons (Fsp3) is 0.536. The molecule has 0 aromatic heterocycles. The highest BCUT2D eigenvalue weighted by atomic mass is 79.9. The second-order valence-electron chi connectivity index (χ2n) is 10.1. The number of ether oxygens (including phenoxy) is 2. The Hall–Kier alpha value is -2.09. The molecule has 3 unspecified atom stereocenters. The van der Waals surface area contributed by atoms with Gasteiger partial charge in [-0.1, -0.05) is 36.8 Å². The number of likely N-dealkylation sites (tertiary alicyclic amines) is 1. The Morgan fingerprint density at radius 3 is 2.77 bits per heavy atom. The molecule has 3 heterocycles. The van der Waals surface area contributed by atoms with E-state index in [1.165, 1.54) is 24.8 Å². The second-order valence-corrected chi connectivity index (χ2v) is 11.0. The maximum atomic E-state index is 13.7. The van der Waals surface area contributed by atoms with Gasteiger partial charge in [-0.3, -0.25) is 14.6 Å². The Morgan fingerprint density at radius 2 is 2.03 bits per heavy atom. The van der Waals surface area contributed by atoms with Crippen molar-refractivity contribution >= 4 is 27.6 Å². The molecule has 0 radical (unpaired) electrons. The van der Waals surface area contributed by atoms with Crippen LogP contribution in [-0.2, 0) is 22.6 Å². The second kappa shape index (κ2) is 10.5. The minimum Gasteiger partial charge on any atom is -0.477 e. The summed E-state index contributed by atoms with van der Waals surface area (Å²) in [6.07, 6.45) is 3.70. The zero-order valence-corrected chi connectivity index (χ0v) is 22.6. The van der Waals surface area contributed by atoms with Gasteiger partial charge >= 0.3 is 5.97 Å². The first-order valence-electron chi connectivity index (χ1n) is 12.9. The number of nitrogens with zero attached hydrogens (tertiary/aromatic N) is 3. The largest absolute Gasteiger partial charge is 0.477 e. The minimum atomic E-state index is -0.347. The van der Waals surface area contributed by atoms with E-state index in [-0.39, 0.29) is 17.9 Å². The van der Waals surface area contributed by atoms with E-state index in [0.29, 0.717) is 19.4 Å². The maximum absolute atomic E-state index is 13.7. The van der Waals surface area contributed by atoms with Crippen molar-refractivity contribution in [2.75, 3.05) is 38.4 Å². The quantitative estimate of drug-likeness (QED) is 0.472. The summed E-state index contributed by atoms with van der Waals surface area (Å²) in [5.41, 5.74) is 4.54. The predicted molar refractivity (Wildman–Crippen MR) is 142 cm³/mol. The van der Waals surface area contributed by atoms with Crippen LogP contribution >= 0.6 is 15.9 Å². The number of benzene rings is 2. The summed E-state index contributed by atoms with van der Waals surface area (Å²) in [5, 5.41) is 0. The minimum absolute atomic E-state index is 0.00422. The smallest absolute Gasteiger partial charge is 0.315 e. The van der Waals surface area contributed by atoms with Crippen molar-refractivity contribution in [3.63, 3.8) is 0 Å². The fourth-order valence-electron chi connectivity index (χ4n) is 5.99. The summed E-state index contributed by atoms with van der Waals surface area (Å²) in [5.74, 6) is 0.388. The first-order chi connectivity index (χ1) is 17.0. The fourth-order valence-corrected chi connectivity index (χ4v) is 6.56. The molecule has 0 N–H and O–H groups in total. The molecular formula is C28H36BrN3O3. The monoisotopic (exact) mass is 541 g/mol. The molecule has 2 aromatic rings. The summed E-state index contributed by atoms with van der Waals surface area (Å²) < 4.78 is 12.8. The average Bonchev–Trinajstić information content (AvgIpc) is 3.14. The van der Waals surface area contributed by atoms with Crippen LogP contribution in [-0.4, -0.2) is 61.3 Å². The van der Waals surface area contributed by atoms with Crippen LogP contribution in [0.15, 0.2) is 40.9 Å². The van der Waals surface area contributed by atoms with Crippen LogP contribution in [0.25, 0.3) is 0 Å². The molecule has 0 aliphatic carbocycles. The summed E-state index contributed by atoms with van der Waals surface area (Å²) >= 11 is 3.79. The van der Waals surface area contributed by atoms with Gasteiger partial charge in [0, 0.05) is 42.5 Å². The van der Waals surface area contributed by atoms with E-state index in [9.17, 15) is 4.79 Å². The highest BCUT2D eigenvalue weighted by Crippen LogP contribution is 2.51. The molecule has 7 heteroatoms. The average molecular weight is 543 g/mol. The normalized spacial score (nSPS) is 24.6. The summed E-state index contributed by atoms with van der Waals surface area (Å²) in [7, 11) is 2.05. The predicted octanol–water partition coefficient (Wildman–Crippen LogP) is 5.14. The number of hydrogen-bond donors (Lipinski definition) is 0. The van der Waals surface area contributed by atoms with E-state index in [2.05, 4.69) is 81.0 Å². The highest BCUT2D eigenvalue weighted by Gasteiger charge is 2.47. The molecule has 0 spiro atoms. The molecule has 3 aliphatic heterocycles. The first kappa shape index (κ1) is 24.6. The molecule has 1 saturated heterocycles. The van der Waals surface area contributed by atoms with Gasteiger partial charge in [-0.25, -0.2) is 0 Å². The molecule has 0 saturated carbocycles. The zero-order chi connectivity index (χ0) is 24.5. The molecule has 3 aliphatic rings. The molecule has 5 rings (SSSR count). The molecule has 0 bridgehead atoms. The van der Waals surface area contributed by atoms with Crippen LogP contribution in [0.2, 0.25) is 0 Å². The Bertz CT molecular complexity index is 1060. The standard InChI is InChI=1S/C28H36BrN3O3/c1-4-34-28(33)26-24(17-31-13-9-8-10-19(31)2)32(15-20-11-6-5-7-12-20)23-14-22(29)27-21(25(23)26)16-30(3)18-35-27/h5-7,11-12,14,19,24,26H,4,8-10,13,15-18H2,1-3H3. The number of anilines is 1. The van der Waals surface area contributed by atoms with E-state index in [1.54, 1.807) is 0 Å². The van der Waals surface area contributed by atoms with Gasteiger partial charge in [0.15, 0.2) is 0 Å². The van der Waals surface area contributed by atoms with Crippen LogP contribution in [0.1, 0.15) is 55.7 Å². The Kier molecular flexibility index (Phi) is 7.37. The number of carbonyl (C=O) groups is 1. The number of fused-ring (bicyclic) bond motifs is 3. The number of halogens is 1. The molecule has 188 valence electrons. The van der Waals surface area contributed by atoms with E-state index < -0.39 is 0 Å². The lowest BCUT2D eigenvalue weighted by Crippen LogP contribution is -2.49. The molecule has 35 heavy (non-hydrogen) atoms. The van der Waals surface area contributed by atoms with Gasteiger partial charge in [0.2, 0.25) is 0 Å². The molecule has 3 atom stereocenters. The van der Waals surface area contributed by atoms with Crippen molar-refractivity contribution in [2.45, 2.75) is 64.2 Å². The van der Waals surface area contributed by atoms with Crippen LogP contribution < -0.4 is 9.64 Å². The molecule has 2 aromatic carbocycles. The number of piperidine rings is 1. The third-order valence-corrected chi connectivity index (χ3v) is 8.31. The van der Waals surface area contributed by atoms with Crippen molar-refractivity contribution in [3.8, 4) is 5.75 Å². The topological polar surface area (TPSA) is 45.2 Å².